The highest BCUT2D eigenvalue weighted by atomic mass is 127. The molecule has 0 atom stereocenters. The summed E-state index contributed by atoms with van der Waals surface area (Å²) in [5, 5.41) is 7.39. The lowest BCUT2D eigenvalue weighted by atomic mass is 10.2. The maximum absolute atomic E-state index is 11.5. The SMILES string of the molecule is CN=C(NCc1nc(C)c(C)s1)NCc1ccccc1NS(C)(=O)=O.I. The first-order valence-corrected chi connectivity index (χ1v) is 10.4. The first-order valence-electron chi connectivity index (χ1n) is 7.71. The molecule has 0 bridgehead atoms. The highest BCUT2D eigenvalue weighted by molar-refractivity contribution is 14.0. The van der Waals surface area contributed by atoms with E-state index >= 15 is 0 Å². The van der Waals surface area contributed by atoms with Gasteiger partial charge in [-0.1, -0.05) is 18.2 Å². The number of aromatic nitrogens is 1. The average molecular weight is 509 g/mol. The Morgan fingerprint density at radius 1 is 1.19 bits per heavy atom. The number of nitrogens with zero attached hydrogens (tertiary/aromatic N) is 2. The van der Waals surface area contributed by atoms with Gasteiger partial charge in [-0.2, -0.15) is 0 Å². The van der Waals surface area contributed by atoms with Gasteiger partial charge in [-0.25, -0.2) is 13.4 Å². The number of halogens is 1. The fourth-order valence-corrected chi connectivity index (χ4v) is 3.62. The fourth-order valence-electron chi connectivity index (χ4n) is 2.15. The molecule has 0 radical (unpaired) electrons. The van der Waals surface area contributed by atoms with E-state index in [1.54, 1.807) is 30.5 Å². The minimum absolute atomic E-state index is 0. The van der Waals surface area contributed by atoms with E-state index in [2.05, 4.69) is 32.3 Å². The number of hydrogen-bond acceptors (Lipinski definition) is 5. The standard InChI is InChI=1S/C16H23N5O2S2.HI/c1-11-12(2)24-15(20-11)10-19-16(17-3)18-9-13-7-5-6-8-14(13)21-25(4,22)23;/h5-8,21H,9-10H2,1-4H3,(H2,17,18,19);1H. The molecule has 3 N–H and O–H groups in total. The van der Waals surface area contributed by atoms with Crippen molar-refractivity contribution in [3.05, 3.63) is 45.4 Å². The third kappa shape index (κ3) is 7.08. The Labute approximate surface area is 175 Å². The summed E-state index contributed by atoms with van der Waals surface area (Å²) in [7, 11) is -1.63. The number of nitrogens with one attached hydrogen (secondary N) is 3. The van der Waals surface area contributed by atoms with Crippen molar-refractivity contribution in [3.63, 3.8) is 0 Å². The minimum Gasteiger partial charge on any atom is -0.352 e. The van der Waals surface area contributed by atoms with Crippen molar-refractivity contribution < 1.29 is 8.42 Å². The van der Waals surface area contributed by atoms with Crippen molar-refractivity contribution in [3.8, 4) is 0 Å². The summed E-state index contributed by atoms with van der Waals surface area (Å²) < 4.78 is 25.4. The van der Waals surface area contributed by atoms with Crippen LogP contribution < -0.4 is 15.4 Å². The van der Waals surface area contributed by atoms with Gasteiger partial charge in [0.15, 0.2) is 5.96 Å². The lowest BCUT2D eigenvalue weighted by Gasteiger charge is -2.14. The highest BCUT2D eigenvalue weighted by Crippen LogP contribution is 2.17. The van der Waals surface area contributed by atoms with Crippen LogP contribution in [0.3, 0.4) is 0 Å². The first-order chi connectivity index (χ1) is 11.8. The molecule has 1 aromatic carbocycles. The molecule has 2 rings (SSSR count). The van der Waals surface area contributed by atoms with Crippen molar-refractivity contribution >= 4 is 57.0 Å². The zero-order chi connectivity index (χ0) is 18.4. The quantitative estimate of drug-likeness (QED) is 0.316. The van der Waals surface area contributed by atoms with Crippen LogP contribution in [0.2, 0.25) is 0 Å². The van der Waals surface area contributed by atoms with Crippen LogP contribution in [0.25, 0.3) is 0 Å². The van der Waals surface area contributed by atoms with Crippen LogP contribution >= 0.6 is 35.3 Å². The third-order valence-electron chi connectivity index (χ3n) is 3.46. The molecular weight excluding hydrogens is 485 g/mol. The van der Waals surface area contributed by atoms with Crippen LogP contribution in [0.15, 0.2) is 29.3 Å². The molecule has 0 aliphatic rings. The largest absolute Gasteiger partial charge is 0.352 e. The number of anilines is 1. The maximum Gasteiger partial charge on any atom is 0.229 e. The van der Waals surface area contributed by atoms with Gasteiger partial charge in [-0.05, 0) is 25.5 Å². The van der Waals surface area contributed by atoms with Crippen molar-refractivity contribution in [1.29, 1.82) is 0 Å². The summed E-state index contributed by atoms with van der Waals surface area (Å²) >= 11 is 1.66. The van der Waals surface area contributed by atoms with E-state index in [1.165, 1.54) is 4.88 Å². The van der Waals surface area contributed by atoms with E-state index in [0.29, 0.717) is 24.7 Å². The summed E-state index contributed by atoms with van der Waals surface area (Å²) in [6, 6.07) is 7.25. The molecule has 2 aromatic rings. The molecule has 0 saturated heterocycles. The van der Waals surface area contributed by atoms with Crippen molar-refractivity contribution in [2.45, 2.75) is 26.9 Å². The van der Waals surface area contributed by atoms with Crippen molar-refractivity contribution in [2.24, 2.45) is 4.99 Å². The van der Waals surface area contributed by atoms with Crippen LogP contribution in [0, 0.1) is 13.8 Å². The Morgan fingerprint density at radius 2 is 1.85 bits per heavy atom. The fraction of sp³-hybridized carbons (Fsp3) is 0.375. The number of para-hydroxylation sites is 1. The molecule has 0 aliphatic heterocycles. The summed E-state index contributed by atoms with van der Waals surface area (Å²) in [4.78, 5) is 9.88. The van der Waals surface area contributed by atoms with Gasteiger partial charge in [-0.3, -0.25) is 9.71 Å². The molecule has 7 nitrogen and oxygen atoms in total. The minimum atomic E-state index is -3.32. The summed E-state index contributed by atoms with van der Waals surface area (Å²) in [6.45, 7) is 5.07. The lowest BCUT2D eigenvalue weighted by molar-refractivity contribution is 0.606. The van der Waals surface area contributed by atoms with Crippen LogP contribution in [0.4, 0.5) is 5.69 Å². The van der Waals surface area contributed by atoms with Crippen LogP contribution in [0.5, 0.6) is 0 Å². The molecule has 0 unspecified atom stereocenters. The lowest BCUT2D eigenvalue weighted by Crippen LogP contribution is -2.36. The van der Waals surface area contributed by atoms with E-state index in [-0.39, 0.29) is 24.0 Å². The highest BCUT2D eigenvalue weighted by Gasteiger charge is 2.08. The molecule has 1 aromatic heterocycles. The van der Waals surface area contributed by atoms with Crippen molar-refractivity contribution in [1.82, 2.24) is 15.6 Å². The van der Waals surface area contributed by atoms with Gasteiger partial charge in [0, 0.05) is 18.5 Å². The van der Waals surface area contributed by atoms with Crippen molar-refractivity contribution in [2.75, 3.05) is 18.0 Å². The Kier molecular flexibility index (Phi) is 8.77. The number of guanidine groups is 1. The Hall–Kier alpha value is -1.40. The maximum atomic E-state index is 11.5. The zero-order valence-corrected chi connectivity index (χ0v) is 19.1. The molecule has 0 saturated carbocycles. The molecule has 26 heavy (non-hydrogen) atoms. The van der Waals surface area contributed by atoms with Gasteiger partial charge in [0.05, 0.1) is 24.2 Å². The second kappa shape index (κ2) is 10.1. The third-order valence-corrected chi connectivity index (χ3v) is 5.13. The Morgan fingerprint density at radius 3 is 2.42 bits per heavy atom. The number of thiazole rings is 1. The van der Waals surface area contributed by atoms with Gasteiger partial charge in [0.1, 0.15) is 5.01 Å². The van der Waals surface area contributed by atoms with E-state index in [0.717, 1.165) is 22.5 Å². The molecule has 144 valence electrons. The molecule has 0 spiro atoms. The van der Waals surface area contributed by atoms with Gasteiger partial charge in [0.25, 0.3) is 0 Å². The summed E-state index contributed by atoms with van der Waals surface area (Å²) in [6.07, 6.45) is 1.13. The summed E-state index contributed by atoms with van der Waals surface area (Å²) in [5.74, 6) is 0.625. The van der Waals surface area contributed by atoms with Crippen LogP contribution in [-0.2, 0) is 23.1 Å². The van der Waals surface area contributed by atoms with E-state index in [9.17, 15) is 8.42 Å². The molecule has 0 amide bonds. The number of aliphatic imine (C=N–C) groups is 1. The number of benzene rings is 1. The van der Waals surface area contributed by atoms with Gasteiger partial charge >= 0.3 is 0 Å². The Balaban J connectivity index is 0.00000338. The molecule has 0 aliphatic carbocycles. The number of hydrogen-bond donors (Lipinski definition) is 3. The smallest absolute Gasteiger partial charge is 0.229 e. The van der Waals surface area contributed by atoms with E-state index in [4.69, 9.17) is 0 Å². The second-order valence-electron chi connectivity index (χ2n) is 5.56. The monoisotopic (exact) mass is 509 g/mol. The Bertz CT molecular complexity index is 846. The predicted molar refractivity (Wildman–Crippen MR) is 119 cm³/mol. The van der Waals surface area contributed by atoms with Gasteiger partial charge in [0.2, 0.25) is 10.0 Å². The molecule has 0 fully saturated rings. The predicted octanol–water partition coefficient (Wildman–Crippen LogP) is 2.61. The topological polar surface area (TPSA) is 95.5 Å². The van der Waals surface area contributed by atoms with E-state index < -0.39 is 10.0 Å². The molecule has 10 heteroatoms. The van der Waals surface area contributed by atoms with E-state index in [1.807, 2.05) is 19.1 Å². The number of sulfonamides is 1. The molecular formula is C16H24IN5O2S2. The van der Waals surface area contributed by atoms with Gasteiger partial charge in [-0.15, -0.1) is 35.3 Å². The normalized spacial score (nSPS) is 11.6. The van der Waals surface area contributed by atoms with Gasteiger partial charge < -0.3 is 10.6 Å². The molecule has 1 heterocycles. The number of aryl methyl sites for hydroxylation is 2. The first kappa shape index (κ1) is 22.6. The van der Waals surface area contributed by atoms with Crippen LogP contribution in [-0.4, -0.2) is 32.7 Å². The number of rotatable bonds is 6. The van der Waals surface area contributed by atoms with Crippen LogP contribution in [0.1, 0.15) is 21.1 Å². The average Bonchev–Trinajstić information content (AvgIpc) is 2.86. The summed E-state index contributed by atoms with van der Waals surface area (Å²) in [5.41, 5.74) is 2.43. The zero-order valence-electron chi connectivity index (χ0n) is 15.2. The second-order valence-corrected chi connectivity index (χ2v) is 8.60.